The number of aromatic nitrogens is 2. The number of fused-ring (bicyclic) bond motifs is 1. The van der Waals surface area contributed by atoms with E-state index in [4.69, 9.17) is 9.72 Å². The highest BCUT2D eigenvalue weighted by molar-refractivity contribution is 7.17. The van der Waals surface area contributed by atoms with Gasteiger partial charge in [0.2, 0.25) is 0 Å². The first-order chi connectivity index (χ1) is 14.7. The van der Waals surface area contributed by atoms with Crippen LogP contribution in [0.2, 0.25) is 0 Å². The molecule has 2 heterocycles. The number of aliphatic hydroxyl groups is 1. The third-order valence-electron chi connectivity index (χ3n) is 5.33. The maximum absolute atomic E-state index is 13.0. The zero-order valence-electron chi connectivity index (χ0n) is 19.2. The van der Waals surface area contributed by atoms with Crippen LogP contribution in [0.5, 0.6) is 0 Å². The number of ether oxygens (including phenoxy) is 1. The second kappa shape index (κ2) is 10.0. The molecule has 1 atom stereocenters. The number of aliphatic hydroxyl groups excluding tert-OH is 1. The first-order valence-corrected chi connectivity index (χ1v) is 11.7. The average molecular weight is 444 g/mol. The van der Waals surface area contributed by atoms with Crippen LogP contribution in [0.4, 0.5) is 0 Å². The van der Waals surface area contributed by atoms with Gasteiger partial charge in [-0.3, -0.25) is 9.69 Å². The molecule has 3 aromatic rings. The first kappa shape index (κ1) is 23.6. The standard InChI is InChI=1S/C24H33N3O3S/c1-14(2)27(10-18(28)12-30-15(3)4)11-21-25-23(29)22-20(13-31-24(22)26-21)19-9-16(5)7-8-17(19)6/h7-9,13-15,18,28H,10-12H2,1-6H3,(H,25,26,29). The van der Waals surface area contributed by atoms with Crippen molar-refractivity contribution in [3.05, 3.63) is 50.9 Å². The Hall–Kier alpha value is -2.06. The van der Waals surface area contributed by atoms with E-state index in [2.05, 4.69) is 55.8 Å². The van der Waals surface area contributed by atoms with E-state index in [1.807, 2.05) is 19.2 Å². The van der Waals surface area contributed by atoms with Crippen molar-refractivity contribution in [3.63, 3.8) is 0 Å². The van der Waals surface area contributed by atoms with Crippen molar-refractivity contribution in [2.45, 2.75) is 66.3 Å². The van der Waals surface area contributed by atoms with Gasteiger partial charge in [-0.1, -0.05) is 23.8 Å². The highest BCUT2D eigenvalue weighted by atomic mass is 32.1. The largest absolute Gasteiger partial charge is 0.389 e. The Morgan fingerprint density at radius 3 is 2.61 bits per heavy atom. The number of aryl methyl sites for hydroxylation is 2. The lowest BCUT2D eigenvalue weighted by atomic mass is 9.99. The average Bonchev–Trinajstić information content (AvgIpc) is 3.12. The molecule has 168 valence electrons. The Labute approximate surface area is 187 Å². The van der Waals surface area contributed by atoms with E-state index in [0.717, 1.165) is 27.1 Å². The third kappa shape index (κ3) is 5.80. The van der Waals surface area contributed by atoms with Crippen LogP contribution in [0.25, 0.3) is 21.3 Å². The molecular weight excluding hydrogens is 410 g/mol. The van der Waals surface area contributed by atoms with Gasteiger partial charge in [0.05, 0.1) is 30.7 Å². The number of thiophene rings is 1. The monoisotopic (exact) mass is 443 g/mol. The summed E-state index contributed by atoms with van der Waals surface area (Å²) >= 11 is 1.49. The van der Waals surface area contributed by atoms with Gasteiger partial charge in [0.25, 0.3) is 5.56 Å². The molecule has 2 N–H and O–H groups in total. The number of benzene rings is 1. The van der Waals surface area contributed by atoms with E-state index in [0.29, 0.717) is 24.3 Å². The number of nitrogens with one attached hydrogen (secondary N) is 1. The van der Waals surface area contributed by atoms with Crippen LogP contribution in [0.3, 0.4) is 0 Å². The SMILES string of the molecule is Cc1ccc(C)c(-c2csc3nc(CN(CC(O)COC(C)C)C(C)C)[nH]c(=O)c23)c1. The second-order valence-electron chi connectivity index (χ2n) is 8.72. The molecule has 0 saturated carbocycles. The predicted molar refractivity (Wildman–Crippen MR) is 128 cm³/mol. The molecule has 7 heteroatoms. The van der Waals surface area contributed by atoms with Crippen molar-refractivity contribution < 1.29 is 9.84 Å². The topological polar surface area (TPSA) is 78.5 Å². The molecule has 0 aliphatic rings. The molecule has 0 radical (unpaired) electrons. The Morgan fingerprint density at radius 1 is 1.19 bits per heavy atom. The number of aromatic amines is 1. The highest BCUT2D eigenvalue weighted by Gasteiger charge is 2.19. The van der Waals surface area contributed by atoms with Gasteiger partial charge in [0.1, 0.15) is 10.7 Å². The summed E-state index contributed by atoms with van der Waals surface area (Å²) < 4.78 is 5.53. The van der Waals surface area contributed by atoms with Gasteiger partial charge in [-0.05, 0) is 52.7 Å². The Morgan fingerprint density at radius 2 is 1.94 bits per heavy atom. The van der Waals surface area contributed by atoms with Gasteiger partial charge in [0, 0.05) is 23.5 Å². The summed E-state index contributed by atoms with van der Waals surface area (Å²) in [6.45, 7) is 13.3. The summed E-state index contributed by atoms with van der Waals surface area (Å²) in [7, 11) is 0. The van der Waals surface area contributed by atoms with Crippen molar-refractivity contribution in [1.29, 1.82) is 0 Å². The van der Waals surface area contributed by atoms with Crippen molar-refractivity contribution >= 4 is 21.6 Å². The van der Waals surface area contributed by atoms with Gasteiger partial charge in [-0.2, -0.15) is 0 Å². The minimum Gasteiger partial charge on any atom is -0.389 e. The molecule has 0 spiro atoms. The summed E-state index contributed by atoms with van der Waals surface area (Å²) in [4.78, 5) is 23.6. The molecule has 0 aliphatic heterocycles. The number of hydrogen-bond donors (Lipinski definition) is 2. The van der Waals surface area contributed by atoms with Gasteiger partial charge in [-0.15, -0.1) is 11.3 Å². The van der Waals surface area contributed by atoms with E-state index in [9.17, 15) is 9.90 Å². The molecule has 0 saturated heterocycles. The molecule has 0 amide bonds. The highest BCUT2D eigenvalue weighted by Crippen LogP contribution is 2.33. The van der Waals surface area contributed by atoms with E-state index < -0.39 is 6.10 Å². The lowest BCUT2D eigenvalue weighted by Crippen LogP contribution is -2.39. The zero-order valence-corrected chi connectivity index (χ0v) is 20.0. The Bertz CT molecular complexity index is 1090. The molecule has 3 rings (SSSR count). The molecule has 0 fully saturated rings. The van der Waals surface area contributed by atoms with E-state index in [1.165, 1.54) is 11.3 Å². The van der Waals surface area contributed by atoms with Crippen molar-refractivity contribution in [3.8, 4) is 11.1 Å². The van der Waals surface area contributed by atoms with Gasteiger partial charge < -0.3 is 14.8 Å². The lowest BCUT2D eigenvalue weighted by molar-refractivity contribution is -0.0140. The molecule has 1 unspecified atom stereocenters. The molecular formula is C24H33N3O3S. The lowest BCUT2D eigenvalue weighted by Gasteiger charge is -2.28. The zero-order chi connectivity index (χ0) is 22.7. The normalized spacial score (nSPS) is 13.1. The van der Waals surface area contributed by atoms with Crippen molar-refractivity contribution in [1.82, 2.24) is 14.9 Å². The molecule has 0 aliphatic carbocycles. The van der Waals surface area contributed by atoms with Gasteiger partial charge in [0.15, 0.2) is 0 Å². The smallest absolute Gasteiger partial charge is 0.260 e. The summed E-state index contributed by atoms with van der Waals surface area (Å²) in [6, 6.07) is 6.46. The maximum Gasteiger partial charge on any atom is 0.260 e. The summed E-state index contributed by atoms with van der Waals surface area (Å²) in [5.74, 6) is 0.609. The van der Waals surface area contributed by atoms with Crippen LogP contribution >= 0.6 is 11.3 Å². The van der Waals surface area contributed by atoms with Gasteiger partial charge in [-0.25, -0.2) is 4.98 Å². The quantitative estimate of drug-likeness (QED) is 0.516. The van der Waals surface area contributed by atoms with E-state index >= 15 is 0 Å². The number of hydrogen-bond acceptors (Lipinski definition) is 6. The molecule has 1 aromatic carbocycles. The van der Waals surface area contributed by atoms with Crippen molar-refractivity contribution in [2.24, 2.45) is 0 Å². The fraction of sp³-hybridized carbons (Fsp3) is 0.500. The van der Waals surface area contributed by atoms with Crippen molar-refractivity contribution in [2.75, 3.05) is 13.2 Å². The van der Waals surface area contributed by atoms with Crippen LogP contribution in [0, 0.1) is 13.8 Å². The minimum absolute atomic E-state index is 0.0765. The Kier molecular flexibility index (Phi) is 7.64. The fourth-order valence-corrected chi connectivity index (χ4v) is 4.53. The minimum atomic E-state index is -0.599. The van der Waals surface area contributed by atoms with Gasteiger partial charge >= 0.3 is 0 Å². The van der Waals surface area contributed by atoms with Crippen LogP contribution in [0.1, 0.15) is 44.6 Å². The molecule has 0 bridgehead atoms. The van der Waals surface area contributed by atoms with Crippen LogP contribution in [0.15, 0.2) is 28.4 Å². The van der Waals surface area contributed by atoms with E-state index in [-0.39, 0.29) is 24.3 Å². The summed E-state index contributed by atoms with van der Waals surface area (Å²) in [6.07, 6.45) is -0.523. The van der Waals surface area contributed by atoms with Crippen LogP contribution in [-0.4, -0.2) is 51.4 Å². The molecule has 6 nitrogen and oxygen atoms in total. The van der Waals surface area contributed by atoms with Crippen LogP contribution in [-0.2, 0) is 11.3 Å². The number of rotatable bonds is 9. The predicted octanol–water partition coefficient (Wildman–Crippen LogP) is 4.26. The number of nitrogens with zero attached hydrogens (tertiary/aromatic N) is 2. The Balaban J connectivity index is 1.87. The first-order valence-electron chi connectivity index (χ1n) is 10.8. The molecule has 31 heavy (non-hydrogen) atoms. The van der Waals surface area contributed by atoms with Crippen LogP contribution < -0.4 is 5.56 Å². The summed E-state index contributed by atoms with van der Waals surface area (Å²) in [5, 5.41) is 13.0. The maximum atomic E-state index is 13.0. The fourth-order valence-electron chi connectivity index (χ4n) is 3.57. The summed E-state index contributed by atoms with van der Waals surface area (Å²) in [5.41, 5.74) is 4.18. The second-order valence-corrected chi connectivity index (χ2v) is 9.58. The third-order valence-corrected chi connectivity index (χ3v) is 6.20. The van der Waals surface area contributed by atoms with E-state index in [1.54, 1.807) is 0 Å². The molecule has 2 aromatic heterocycles. The number of H-pyrrole nitrogens is 1.